The molecule has 0 fully saturated rings. The molecule has 2 rings (SSSR count). The Hall–Kier alpha value is -1.94. The summed E-state index contributed by atoms with van der Waals surface area (Å²) in [6.07, 6.45) is 0. The Balaban J connectivity index is 2.62. The molecule has 0 bridgehead atoms. The fraction of sp³-hybridized carbons (Fsp3) is 0.267. The number of halogens is 1. The summed E-state index contributed by atoms with van der Waals surface area (Å²) < 4.78 is 14.6. The molecule has 0 radical (unpaired) electrons. The molecule has 0 aliphatic carbocycles. The first kappa shape index (κ1) is 13.5. The second-order valence-corrected chi connectivity index (χ2v) is 4.52. The molecule has 100 valence electrons. The molecule has 1 atom stereocenters. The predicted octanol–water partition coefficient (Wildman–Crippen LogP) is 2.69. The Morgan fingerprint density at radius 2 is 1.84 bits per heavy atom. The van der Waals surface area contributed by atoms with Crippen LogP contribution in [-0.4, -0.2) is 4.57 Å². The van der Waals surface area contributed by atoms with E-state index in [1.54, 1.807) is 29.7 Å². The van der Waals surface area contributed by atoms with Crippen molar-refractivity contribution in [1.82, 2.24) is 4.57 Å². The van der Waals surface area contributed by atoms with Gasteiger partial charge in [-0.3, -0.25) is 4.79 Å². The van der Waals surface area contributed by atoms with Crippen LogP contribution >= 0.6 is 0 Å². The second-order valence-electron chi connectivity index (χ2n) is 4.52. The van der Waals surface area contributed by atoms with Gasteiger partial charge in [-0.25, -0.2) is 4.39 Å². The monoisotopic (exact) mass is 260 g/mol. The Morgan fingerprint density at radius 3 is 2.37 bits per heavy atom. The van der Waals surface area contributed by atoms with E-state index in [-0.39, 0.29) is 17.4 Å². The fourth-order valence-corrected chi connectivity index (χ4v) is 2.13. The van der Waals surface area contributed by atoms with Crippen LogP contribution in [0.4, 0.5) is 4.39 Å². The summed E-state index contributed by atoms with van der Waals surface area (Å²) in [6.45, 7) is 4.24. The van der Waals surface area contributed by atoms with E-state index in [9.17, 15) is 9.18 Å². The van der Waals surface area contributed by atoms with E-state index >= 15 is 0 Å². The highest BCUT2D eigenvalue weighted by molar-refractivity contribution is 5.59. The summed E-state index contributed by atoms with van der Waals surface area (Å²) in [5.74, 6) is -0.290. The quantitative estimate of drug-likeness (QED) is 0.922. The Labute approximate surface area is 111 Å². The number of benzene rings is 1. The zero-order chi connectivity index (χ0) is 14.0. The molecule has 1 aromatic heterocycles. The van der Waals surface area contributed by atoms with Gasteiger partial charge in [0.15, 0.2) is 0 Å². The molecule has 19 heavy (non-hydrogen) atoms. The number of aromatic nitrogens is 1. The van der Waals surface area contributed by atoms with Gasteiger partial charge in [0, 0.05) is 18.2 Å². The third-order valence-corrected chi connectivity index (χ3v) is 3.15. The van der Waals surface area contributed by atoms with Gasteiger partial charge in [0.1, 0.15) is 5.82 Å². The van der Waals surface area contributed by atoms with Gasteiger partial charge in [-0.05, 0) is 55.8 Å². The van der Waals surface area contributed by atoms with Gasteiger partial charge >= 0.3 is 0 Å². The lowest BCUT2D eigenvalue weighted by Crippen LogP contribution is -2.27. The minimum Gasteiger partial charge on any atom is -0.324 e. The number of nitrogens with zero attached hydrogens (tertiary/aromatic N) is 1. The van der Waals surface area contributed by atoms with E-state index in [0.29, 0.717) is 12.1 Å². The predicted molar refractivity (Wildman–Crippen MR) is 74.4 cm³/mol. The highest BCUT2D eigenvalue weighted by Gasteiger charge is 2.11. The van der Waals surface area contributed by atoms with Crippen molar-refractivity contribution in [3.63, 3.8) is 0 Å². The summed E-state index contributed by atoms with van der Waals surface area (Å²) in [4.78, 5) is 12.3. The number of hydrogen-bond acceptors (Lipinski definition) is 2. The zero-order valence-electron chi connectivity index (χ0n) is 11.1. The van der Waals surface area contributed by atoms with Crippen LogP contribution in [0.15, 0.2) is 41.2 Å². The summed E-state index contributed by atoms with van der Waals surface area (Å²) in [5.41, 5.74) is 7.88. The zero-order valence-corrected chi connectivity index (χ0v) is 11.1. The summed E-state index contributed by atoms with van der Waals surface area (Å²) in [6, 6.07) is 9.42. The van der Waals surface area contributed by atoms with Crippen molar-refractivity contribution < 1.29 is 4.39 Å². The highest BCUT2D eigenvalue weighted by atomic mass is 19.1. The molecule has 0 aliphatic rings. The van der Waals surface area contributed by atoms with Crippen molar-refractivity contribution in [2.45, 2.75) is 26.4 Å². The van der Waals surface area contributed by atoms with Crippen LogP contribution in [0.1, 0.15) is 25.5 Å². The van der Waals surface area contributed by atoms with Crippen LogP contribution < -0.4 is 11.3 Å². The maximum atomic E-state index is 12.9. The lowest BCUT2D eigenvalue weighted by Gasteiger charge is -2.14. The fourth-order valence-electron chi connectivity index (χ4n) is 2.13. The van der Waals surface area contributed by atoms with Crippen LogP contribution in [0.2, 0.25) is 0 Å². The van der Waals surface area contributed by atoms with Crippen LogP contribution in [0, 0.1) is 5.82 Å². The van der Waals surface area contributed by atoms with E-state index < -0.39 is 0 Å². The molecular weight excluding hydrogens is 243 g/mol. The Bertz CT molecular complexity index is 630. The maximum absolute atomic E-state index is 12.9. The maximum Gasteiger partial charge on any atom is 0.255 e. The van der Waals surface area contributed by atoms with E-state index in [1.165, 1.54) is 12.1 Å². The molecule has 3 nitrogen and oxygen atoms in total. The van der Waals surface area contributed by atoms with Gasteiger partial charge in [-0.2, -0.15) is 0 Å². The van der Waals surface area contributed by atoms with Crippen molar-refractivity contribution in [2.24, 2.45) is 5.73 Å². The average molecular weight is 260 g/mol. The summed E-state index contributed by atoms with van der Waals surface area (Å²) in [5, 5.41) is 0. The van der Waals surface area contributed by atoms with Gasteiger partial charge < -0.3 is 10.3 Å². The highest BCUT2D eigenvalue weighted by Crippen LogP contribution is 2.19. The number of pyridine rings is 1. The molecule has 4 heteroatoms. The topological polar surface area (TPSA) is 48.0 Å². The first-order chi connectivity index (χ1) is 9.04. The van der Waals surface area contributed by atoms with Crippen molar-refractivity contribution in [2.75, 3.05) is 0 Å². The molecular formula is C15H17FN2O. The van der Waals surface area contributed by atoms with E-state index in [4.69, 9.17) is 5.73 Å². The molecule has 0 saturated carbocycles. The van der Waals surface area contributed by atoms with Gasteiger partial charge in [0.25, 0.3) is 5.56 Å². The molecule has 1 unspecified atom stereocenters. The van der Waals surface area contributed by atoms with Crippen LogP contribution in [0.3, 0.4) is 0 Å². The van der Waals surface area contributed by atoms with E-state index in [2.05, 4.69) is 0 Å². The SMILES string of the molecule is CCn1c(-c2ccc(F)cc2)ccc(C(C)N)c1=O. The van der Waals surface area contributed by atoms with Crippen molar-refractivity contribution in [3.8, 4) is 11.3 Å². The van der Waals surface area contributed by atoms with Crippen LogP contribution in [-0.2, 0) is 6.54 Å². The van der Waals surface area contributed by atoms with Crippen LogP contribution in [0.5, 0.6) is 0 Å². The van der Waals surface area contributed by atoms with Gasteiger partial charge in [-0.15, -0.1) is 0 Å². The van der Waals surface area contributed by atoms with E-state index in [0.717, 1.165) is 11.3 Å². The molecule has 1 aromatic carbocycles. The van der Waals surface area contributed by atoms with Crippen molar-refractivity contribution in [3.05, 3.63) is 58.1 Å². The molecule has 0 saturated heterocycles. The third-order valence-electron chi connectivity index (χ3n) is 3.15. The third kappa shape index (κ3) is 2.58. The first-order valence-corrected chi connectivity index (χ1v) is 6.30. The number of hydrogen-bond donors (Lipinski definition) is 1. The van der Waals surface area contributed by atoms with Crippen LogP contribution in [0.25, 0.3) is 11.3 Å². The molecule has 0 aliphatic heterocycles. The lowest BCUT2D eigenvalue weighted by molar-refractivity contribution is 0.628. The normalized spacial score (nSPS) is 12.4. The van der Waals surface area contributed by atoms with Gasteiger partial charge in [0.05, 0.1) is 5.69 Å². The largest absolute Gasteiger partial charge is 0.324 e. The standard InChI is InChI=1S/C15H17FN2O/c1-3-18-14(11-4-6-12(16)7-5-11)9-8-13(10(2)17)15(18)19/h4-10H,3,17H2,1-2H3. The Morgan fingerprint density at radius 1 is 1.21 bits per heavy atom. The minimum absolute atomic E-state index is 0.0840. The van der Waals surface area contributed by atoms with E-state index in [1.807, 2.05) is 13.0 Å². The van der Waals surface area contributed by atoms with Crippen molar-refractivity contribution in [1.29, 1.82) is 0 Å². The molecule has 0 spiro atoms. The van der Waals surface area contributed by atoms with Gasteiger partial charge in [0.2, 0.25) is 0 Å². The van der Waals surface area contributed by atoms with Crippen molar-refractivity contribution >= 4 is 0 Å². The summed E-state index contributed by atoms with van der Waals surface area (Å²) >= 11 is 0. The second kappa shape index (κ2) is 5.36. The molecule has 2 aromatic rings. The first-order valence-electron chi connectivity index (χ1n) is 6.30. The Kier molecular flexibility index (Phi) is 3.81. The smallest absolute Gasteiger partial charge is 0.255 e. The van der Waals surface area contributed by atoms with Gasteiger partial charge in [-0.1, -0.05) is 0 Å². The number of nitrogens with two attached hydrogens (primary N) is 1. The number of rotatable bonds is 3. The average Bonchev–Trinajstić information content (AvgIpc) is 2.38. The molecule has 0 amide bonds. The molecule has 2 N–H and O–H groups in total. The molecule has 1 heterocycles. The minimum atomic E-state index is -0.299. The lowest BCUT2D eigenvalue weighted by atomic mass is 10.1. The summed E-state index contributed by atoms with van der Waals surface area (Å²) in [7, 11) is 0.